The second kappa shape index (κ2) is 10.5. The molecule has 4 aromatic rings. The summed E-state index contributed by atoms with van der Waals surface area (Å²) in [5.74, 6) is -1.17. The molecule has 0 atom stereocenters. The number of nitrogens with one attached hydrogen (secondary N) is 1. The minimum atomic E-state index is -4.50. The van der Waals surface area contributed by atoms with Crippen LogP contribution in [-0.4, -0.2) is 41.2 Å². The molecule has 200 valence electrons. The molecule has 0 saturated carbocycles. The molecule has 1 N–H and O–H groups in total. The number of fused-ring (bicyclic) bond motifs is 1. The summed E-state index contributed by atoms with van der Waals surface area (Å²) in [6, 6.07) is 9.47. The first-order chi connectivity index (χ1) is 17.8. The number of halogens is 4. The van der Waals surface area contributed by atoms with E-state index in [1.54, 1.807) is 26.0 Å². The molecule has 3 aromatic heterocycles. The van der Waals surface area contributed by atoms with Crippen molar-refractivity contribution in [2.45, 2.75) is 37.7 Å². The third kappa shape index (κ3) is 6.00. The molecule has 0 fully saturated rings. The molecule has 3 heterocycles. The first-order valence-electron chi connectivity index (χ1n) is 11.3. The summed E-state index contributed by atoms with van der Waals surface area (Å²) < 4.78 is 84.6. The summed E-state index contributed by atoms with van der Waals surface area (Å²) >= 11 is 0. The number of sulfonamides is 1. The molecule has 4 rings (SSSR count). The number of amides is 1. The zero-order valence-corrected chi connectivity index (χ0v) is 21.0. The van der Waals surface area contributed by atoms with Gasteiger partial charge in [0.1, 0.15) is 11.4 Å². The van der Waals surface area contributed by atoms with E-state index in [1.165, 1.54) is 24.4 Å². The predicted octanol–water partition coefficient (Wildman–Crippen LogP) is 4.76. The Morgan fingerprint density at radius 1 is 1.08 bits per heavy atom. The molecule has 0 unspecified atom stereocenters. The van der Waals surface area contributed by atoms with Gasteiger partial charge in [0.2, 0.25) is 11.0 Å². The van der Waals surface area contributed by atoms with Crippen LogP contribution in [0.5, 0.6) is 0 Å². The number of pyridine rings is 2. The number of benzene rings is 1. The Hall–Kier alpha value is -3.84. The van der Waals surface area contributed by atoms with Crippen LogP contribution >= 0.6 is 0 Å². The summed E-state index contributed by atoms with van der Waals surface area (Å²) in [6.45, 7) is 2.60. The Morgan fingerprint density at radius 2 is 1.84 bits per heavy atom. The highest BCUT2D eigenvalue weighted by Crippen LogP contribution is 2.30. The van der Waals surface area contributed by atoms with Crippen molar-refractivity contribution in [1.29, 1.82) is 0 Å². The van der Waals surface area contributed by atoms with Crippen LogP contribution < -0.4 is 5.32 Å². The minimum absolute atomic E-state index is 0.0663. The number of furan rings is 1. The van der Waals surface area contributed by atoms with Gasteiger partial charge in [0.15, 0.2) is 0 Å². The highest BCUT2D eigenvalue weighted by atomic mass is 32.2. The van der Waals surface area contributed by atoms with Crippen molar-refractivity contribution >= 4 is 26.9 Å². The molecule has 0 aliphatic heterocycles. The Kier molecular flexibility index (Phi) is 7.51. The molecule has 1 aromatic carbocycles. The van der Waals surface area contributed by atoms with Crippen LogP contribution in [0.4, 0.5) is 17.6 Å². The van der Waals surface area contributed by atoms with Crippen molar-refractivity contribution < 1.29 is 35.2 Å². The molecule has 8 nitrogen and oxygen atoms in total. The van der Waals surface area contributed by atoms with Crippen molar-refractivity contribution in [2.24, 2.45) is 0 Å². The van der Waals surface area contributed by atoms with Crippen molar-refractivity contribution in [3.05, 3.63) is 78.0 Å². The number of carbonyl (C=O) groups is 1. The van der Waals surface area contributed by atoms with Gasteiger partial charge in [-0.05, 0) is 56.3 Å². The summed E-state index contributed by atoms with van der Waals surface area (Å²) in [5.41, 5.74) is 0.478. The first kappa shape index (κ1) is 27.2. The van der Waals surface area contributed by atoms with E-state index in [1.807, 2.05) is 0 Å². The van der Waals surface area contributed by atoms with E-state index >= 15 is 0 Å². The van der Waals surface area contributed by atoms with Gasteiger partial charge in [0, 0.05) is 35.5 Å². The number of carbonyl (C=O) groups excluding carboxylic acids is 1. The van der Waals surface area contributed by atoms with Crippen molar-refractivity contribution in [2.75, 3.05) is 6.54 Å². The third-order valence-electron chi connectivity index (χ3n) is 5.56. The van der Waals surface area contributed by atoms with Gasteiger partial charge in [-0.1, -0.05) is 0 Å². The van der Waals surface area contributed by atoms with Crippen LogP contribution in [-0.2, 0) is 27.5 Å². The fourth-order valence-electron chi connectivity index (χ4n) is 3.63. The standard InChI is InChI=1S/C25H22F4N4O4S/c1-15(2)33(38(35,36)24-11-17-9-19(26)4-6-22(17)37-24)14-23(34)32-13-20-10-16(7-8-30-20)21-5-3-18(12-31-21)25(27,28)29/h3-12,15H,13-14H2,1-2H3,(H,32,34). The lowest BCUT2D eigenvalue weighted by molar-refractivity contribution is -0.137. The number of rotatable bonds is 8. The van der Waals surface area contributed by atoms with Crippen LogP contribution in [0.25, 0.3) is 22.2 Å². The van der Waals surface area contributed by atoms with Gasteiger partial charge in [-0.3, -0.25) is 14.8 Å². The largest absolute Gasteiger partial charge is 0.443 e. The predicted molar refractivity (Wildman–Crippen MR) is 130 cm³/mol. The maximum Gasteiger partial charge on any atom is 0.417 e. The summed E-state index contributed by atoms with van der Waals surface area (Å²) in [6.07, 6.45) is -2.35. The van der Waals surface area contributed by atoms with Crippen LogP contribution in [0, 0.1) is 5.82 Å². The number of hydrogen-bond acceptors (Lipinski definition) is 6. The van der Waals surface area contributed by atoms with Crippen LogP contribution in [0.15, 0.2) is 70.4 Å². The van der Waals surface area contributed by atoms with E-state index in [9.17, 15) is 30.8 Å². The van der Waals surface area contributed by atoms with E-state index in [4.69, 9.17) is 4.42 Å². The van der Waals surface area contributed by atoms with Crippen molar-refractivity contribution in [1.82, 2.24) is 19.6 Å². The topological polar surface area (TPSA) is 105 Å². The average molecular weight is 551 g/mol. The Bertz CT molecular complexity index is 1570. The van der Waals surface area contributed by atoms with E-state index in [0.29, 0.717) is 11.3 Å². The monoisotopic (exact) mass is 550 g/mol. The van der Waals surface area contributed by atoms with Gasteiger partial charge in [-0.25, -0.2) is 12.8 Å². The molecule has 38 heavy (non-hydrogen) atoms. The lowest BCUT2D eigenvalue weighted by Gasteiger charge is -2.24. The average Bonchev–Trinajstić information content (AvgIpc) is 3.30. The molecule has 13 heteroatoms. The van der Waals surface area contributed by atoms with Gasteiger partial charge in [0.25, 0.3) is 10.0 Å². The van der Waals surface area contributed by atoms with Gasteiger partial charge in [0.05, 0.1) is 30.0 Å². The number of aromatic nitrogens is 2. The Labute approximate surface area is 215 Å². The van der Waals surface area contributed by atoms with Crippen molar-refractivity contribution in [3.8, 4) is 11.3 Å². The maximum absolute atomic E-state index is 13.5. The summed E-state index contributed by atoms with van der Waals surface area (Å²) in [7, 11) is -4.23. The lowest BCUT2D eigenvalue weighted by atomic mass is 10.1. The van der Waals surface area contributed by atoms with Crippen LogP contribution in [0.2, 0.25) is 0 Å². The SMILES string of the molecule is CC(C)N(CC(=O)NCc1cc(-c2ccc(C(F)(F)F)cn2)ccn1)S(=O)(=O)c1cc2cc(F)ccc2o1. The van der Waals surface area contributed by atoms with Crippen LogP contribution in [0.1, 0.15) is 25.1 Å². The van der Waals surface area contributed by atoms with Crippen LogP contribution in [0.3, 0.4) is 0 Å². The first-order valence-corrected chi connectivity index (χ1v) is 12.7. The highest BCUT2D eigenvalue weighted by molar-refractivity contribution is 7.89. The summed E-state index contributed by atoms with van der Waals surface area (Å²) in [5, 5.41) is 2.44. The fourth-order valence-corrected chi connectivity index (χ4v) is 5.18. The number of hydrogen-bond donors (Lipinski definition) is 1. The molecular formula is C25H22F4N4O4S. The zero-order chi connectivity index (χ0) is 27.7. The number of nitrogens with zero attached hydrogens (tertiary/aromatic N) is 3. The molecule has 0 spiro atoms. The van der Waals surface area contributed by atoms with Gasteiger partial charge < -0.3 is 9.73 Å². The van der Waals surface area contributed by atoms with E-state index in [-0.39, 0.29) is 23.2 Å². The summed E-state index contributed by atoms with van der Waals surface area (Å²) in [4.78, 5) is 20.7. The van der Waals surface area contributed by atoms with Gasteiger partial charge in [-0.15, -0.1) is 0 Å². The fraction of sp³-hybridized carbons (Fsp3) is 0.240. The van der Waals surface area contributed by atoms with E-state index in [0.717, 1.165) is 28.7 Å². The molecule has 1 amide bonds. The molecule has 0 aliphatic carbocycles. The Balaban J connectivity index is 1.45. The van der Waals surface area contributed by atoms with Gasteiger partial charge in [-0.2, -0.15) is 17.5 Å². The molecule has 0 radical (unpaired) electrons. The highest BCUT2D eigenvalue weighted by Gasteiger charge is 2.32. The third-order valence-corrected chi connectivity index (χ3v) is 7.44. The molecule has 0 aliphatic rings. The number of alkyl halides is 3. The second-order valence-electron chi connectivity index (χ2n) is 8.63. The van der Waals surface area contributed by atoms with Gasteiger partial charge >= 0.3 is 6.18 Å². The van der Waals surface area contributed by atoms with E-state index in [2.05, 4.69) is 15.3 Å². The normalized spacial score (nSPS) is 12.4. The zero-order valence-electron chi connectivity index (χ0n) is 20.2. The molecule has 0 bridgehead atoms. The minimum Gasteiger partial charge on any atom is -0.443 e. The quantitative estimate of drug-likeness (QED) is 0.317. The smallest absolute Gasteiger partial charge is 0.417 e. The maximum atomic E-state index is 13.5. The van der Waals surface area contributed by atoms with Crippen molar-refractivity contribution in [3.63, 3.8) is 0 Å². The Morgan fingerprint density at radius 3 is 2.50 bits per heavy atom. The molecular weight excluding hydrogens is 528 g/mol. The lowest BCUT2D eigenvalue weighted by Crippen LogP contribution is -2.44. The van der Waals surface area contributed by atoms with E-state index < -0.39 is 51.2 Å². The molecule has 0 saturated heterocycles. The second-order valence-corrected chi connectivity index (χ2v) is 10.5.